The van der Waals surface area contributed by atoms with E-state index >= 15 is 0 Å². The summed E-state index contributed by atoms with van der Waals surface area (Å²) in [5, 5.41) is 21.2. The van der Waals surface area contributed by atoms with E-state index in [1.54, 1.807) is 20.8 Å². The van der Waals surface area contributed by atoms with Crippen LogP contribution in [0.25, 0.3) is 0 Å². The standard InChI is InChI=1S/C19H22O7/c1-8-4-12(21)26-17(8)18(3)6-11-19(7-20)10(5-13(22)25-11)9(2)14(23)15(24)16(18)19/h4,9-11,17,20,24H,5-7H2,1-3H3/t9?,10?,11-,17+,18+,19-/m1/s1. The molecule has 1 saturated heterocycles. The second-order valence-electron chi connectivity index (χ2n) is 8.19. The summed E-state index contributed by atoms with van der Waals surface area (Å²) in [5.41, 5.74) is -0.929. The van der Waals surface area contributed by atoms with E-state index in [-0.39, 0.29) is 25.2 Å². The van der Waals surface area contributed by atoms with Gasteiger partial charge in [0.05, 0.1) is 18.4 Å². The molecule has 7 nitrogen and oxygen atoms in total. The minimum absolute atomic E-state index is 0.0100. The quantitative estimate of drug-likeness (QED) is 0.711. The van der Waals surface area contributed by atoms with Crippen LogP contribution in [0.3, 0.4) is 0 Å². The monoisotopic (exact) mass is 362 g/mol. The molecule has 0 radical (unpaired) electrons. The maximum Gasteiger partial charge on any atom is 0.331 e. The molecule has 0 aromatic carbocycles. The Morgan fingerprint density at radius 1 is 1.27 bits per heavy atom. The van der Waals surface area contributed by atoms with E-state index in [1.807, 2.05) is 0 Å². The molecule has 26 heavy (non-hydrogen) atoms. The normalized spacial score (nSPS) is 44.6. The first-order valence-electron chi connectivity index (χ1n) is 8.84. The van der Waals surface area contributed by atoms with Gasteiger partial charge in [-0.15, -0.1) is 0 Å². The first kappa shape index (κ1) is 17.3. The van der Waals surface area contributed by atoms with Crippen LogP contribution in [0, 0.1) is 22.7 Å². The zero-order valence-electron chi connectivity index (χ0n) is 14.9. The van der Waals surface area contributed by atoms with Crippen LogP contribution in [0.2, 0.25) is 0 Å². The number of Topliss-reactive ketones (excluding diaryl/α,β-unsaturated/α-hetero) is 1. The molecule has 7 heteroatoms. The number of cyclic esters (lactones) is 1. The molecule has 2 aliphatic heterocycles. The first-order chi connectivity index (χ1) is 12.2. The maximum atomic E-state index is 12.7. The number of allylic oxidation sites excluding steroid dienone is 1. The lowest BCUT2D eigenvalue weighted by Gasteiger charge is -2.50. The summed E-state index contributed by atoms with van der Waals surface area (Å²) < 4.78 is 11.0. The minimum atomic E-state index is -1.03. The summed E-state index contributed by atoms with van der Waals surface area (Å²) in [6.45, 7) is 4.86. The van der Waals surface area contributed by atoms with Crippen molar-refractivity contribution < 1.29 is 34.1 Å². The Hall–Kier alpha value is -2.15. The van der Waals surface area contributed by atoms with Crippen molar-refractivity contribution in [3.63, 3.8) is 0 Å². The molecule has 0 aromatic rings. The van der Waals surface area contributed by atoms with Crippen LogP contribution in [0.15, 0.2) is 23.0 Å². The van der Waals surface area contributed by atoms with Gasteiger partial charge in [-0.1, -0.05) is 13.8 Å². The van der Waals surface area contributed by atoms with E-state index in [0.717, 1.165) is 0 Å². The molecule has 0 aromatic heterocycles. The van der Waals surface area contributed by atoms with E-state index in [1.165, 1.54) is 6.08 Å². The third kappa shape index (κ3) is 1.84. The summed E-state index contributed by atoms with van der Waals surface area (Å²) in [5.74, 6) is -2.79. The van der Waals surface area contributed by atoms with E-state index < -0.39 is 52.6 Å². The van der Waals surface area contributed by atoms with Gasteiger partial charge in [0.25, 0.3) is 0 Å². The van der Waals surface area contributed by atoms with Gasteiger partial charge < -0.3 is 19.7 Å². The Bertz CT molecular complexity index is 794. The highest BCUT2D eigenvalue weighted by Crippen LogP contribution is 2.67. The highest BCUT2D eigenvalue weighted by molar-refractivity contribution is 5.98. The number of hydrogen-bond acceptors (Lipinski definition) is 7. The van der Waals surface area contributed by atoms with Gasteiger partial charge in [0.2, 0.25) is 0 Å². The second kappa shape index (κ2) is 5.19. The molecule has 0 amide bonds. The molecule has 0 bridgehead atoms. The lowest BCUT2D eigenvalue weighted by Crippen LogP contribution is -2.56. The Labute approximate surface area is 150 Å². The van der Waals surface area contributed by atoms with Crippen LogP contribution < -0.4 is 0 Å². The molecule has 2 fully saturated rings. The lowest BCUT2D eigenvalue weighted by molar-refractivity contribution is -0.177. The molecule has 140 valence electrons. The number of aliphatic hydroxyl groups is 2. The SMILES string of the molecule is CC1=CC(=O)O[C@@H]1[C@@]1(C)C[C@H]2OC(=O)CC3C(C)C(=O)C(O)=C1[C@]32CO. The van der Waals surface area contributed by atoms with Crippen molar-refractivity contribution in [2.24, 2.45) is 22.7 Å². The van der Waals surface area contributed by atoms with Gasteiger partial charge in [-0.3, -0.25) is 9.59 Å². The van der Waals surface area contributed by atoms with Crippen LogP contribution in [-0.2, 0) is 23.9 Å². The van der Waals surface area contributed by atoms with Gasteiger partial charge in [0, 0.05) is 17.4 Å². The zero-order chi connectivity index (χ0) is 19.0. The Morgan fingerprint density at radius 3 is 2.54 bits per heavy atom. The molecule has 2 aliphatic carbocycles. The van der Waals surface area contributed by atoms with Gasteiger partial charge in [0.1, 0.15) is 12.2 Å². The molecule has 2 unspecified atom stereocenters. The Morgan fingerprint density at radius 2 is 1.96 bits per heavy atom. The summed E-state index contributed by atoms with van der Waals surface area (Å²) >= 11 is 0. The van der Waals surface area contributed by atoms with Crippen LogP contribution in [0.5, 0.6) is 0 Å². The molecule has 6 atom stereocenters. The molecule has 2 N–H and O–H groups in total. The molecular weight excluding hydrogens is 340 g/mol. The van der Waals surface area contributed by atoms with Crippen molar-refractivity contribution in [3.05, 3.63) is 23.0 Å². The third-order valence-corrected chi connectivity index (χ3v) is 6.86. The van der Waals surface area contributed by atoms with Crippen LogP contribution in [-0.4, -0.2) is 46.7 Å². The van der Waals surface area contributed by atoms with Crippen LogP contribution in [0.4, 0.5) is 0 Å². The summed E-state index contributed by atoms with van der Waals surface area (Å²) in [7, 11) is 0. The molecule has 4 rings (SSSR count). The number of esters is 2. The van der Waals surface area contributed by atoms with Crippen molar-refractivity contribution in [3.8, 4) is 0 Å². The predicted molar refractivity (Wildman–Crippen MR) is 87.7 cm³/mol. The molecule has 2 heterocycles. The molecule has 1 saturated carbocycles. The number of hydrogen-bond donors (Lipinski definition) is 2. The topological polar surface area (TPSA) is 110 Å². The van der Waals surface area contributed by atoms with Crippen molar-refractivity contribution in [2.45, 2.75) is 45.8 Å². The second-order valence-corrected chi connectivity index (χ2v) is 8.19. The van der Waals surface area contributed by atoms with Gasteiger partial charge in [-0.05, 0) is 30.4 Å². The van der Waals surface area contributed by atoms with Crippen molar-refractivity contribution in [2.75, 3.05) is 6.61 Å². The van der Waals surface area contributed by atoms with Gasteiger partial charge in [-0.25, -0.2) is 4.79 Å². The summed E-state index contributed by atoms with van der Waals surface area (Å²) in [6, 6.07) is 0. The zero-order valence-corrected chi connectivity index (χ0v) is 14.9. The fourth-order valence-electron chi connectivity index (χ4n) is 5.81. The third-order valence-electron chi connectivity index (χ3n) is 6.86. The van der Waals surface area contributed by atoms with Gasteiger partial charge in [-0.2, -0.15) is 0 Å². The number of carbonyl (C=O) groups is 3. The van der Waals surface area contributed by atoms with Gasteiger partial charge >= 0.3 is 11.9 Å². The number of ether oxygens (including phenoxy) is 2. The fraction of sp³-hybridized carbons (Fsp3) is 0.632. The average Bonchev–Trinajstić information content (AvgIpc) is 3.05. The highest BCUT2D eigenvalue weighted by Gasteiger charge is 2.71. The van der Waals surface area contributed by atoms with Crippen LogP contribution >= 0.6 is 0 Å². The van der Waals surface area contributed by atoms with E-state index in [4.69, 9.17) is 9.47 Å². The molecule has 4 aliphatic rings. The van der Waals surface area contributed by atoms with E-state index in [2.05, 4.69) is 0 Å². The number of aliphatic hydroxyl groups excluding tert-OH is 2. The first-order valence-corrected chi connectivity index (χ1v) is 8.84. The largest absolute Gasteiger partial charge is 0.504 e. The predicted octanol–water partition coefficient (Wildman–Crippen LogP) is 1.21. The van der Waals surface area contributed by atoms with Crippen molar-refractivity contribution in [1.29, 1.82) is 0 Å². The maximum absolute atomic E-state index is 12.7. The molecular formula is C19H22O7. The van der Waals surface area contributed by atoms with Crippen molar-refractivity contribution in [1.82, 2.24) is 0 Å². The minimum Gasteiger partial charge on any atom is -0.504 e. The summed E-state index contributed by atoms with van der Waals surface area (Å²) in [4.78, 5) is 36.6. The van der Waals surface area contributed by atoms with E-state index in [0.29, 0.717) is 11.1 Å². The number of carbonyl (C=O) groups excluding carboxylic acids is 3. The summed E-state index contributed by atoms with van der Waals surface area (Å²) in [6.07, 6.45) is 0.303. The molecule has 0 spiro atoms. The average molecular weight is 362 g/mol. The number of rotatable bonds is 2. The lowest BCUT2D eigenvalue weighted by atomic mass is 9.56. The Kier molecular flexibility index (Phi) is 3.45. The number of ketones is 1. The van der Waals surface area contributed by atoms with Gasteiger partial charge in [0.15, 0.2) is 11.5 Å². The van der Waals surface area contributed by atoms with Crippen LogP contribution in [0.1, 0.15) is 33.6 Å². The van der Waals surface area contributed by atoms with Crippen molar-refractivity contribution >= 4 is 17.7 Å². The highest BCUT2D eigenvalue weighted by atomic mass is 16.6. The van der Waals surface area contributed by atoms with E-state index in [9.17, 15) is 24.6 Å². The Balaban J connectivity index is 1.96. The smallest absolute Gasteiger partial charge is 0.331 e. The fourth-order valence-corrected chi connectivity index (χ4v) is 5.81.